The van der Waals surface area contributed by atoms with E-state index in [4.69, 9.17) is 11.7 Å². The molecule has 21 heavy (non-hydrogen) atoms. The Morgan fingerprint density at radius 3 is 2.57 bits per heavy atom. The maximum Gasteiger partial charge on any atom is 0.350 e. The van der Waals surface area contributed by atoms with Crippen LogP contribution in [0.4, 0.5) is 10.5 Å². The number of carbonyl (C=O) groups is 1. The highest BCUT2D eigenvalue weighted by atomic mass is 16.2. The number of rotatable bonds is 2. The lowest BCUT2D eigenvalue weighted by Gasteiger charge is -2.15. The summed E-state index contributed by atoms with van der Waals surface area (Å²) in [5.41, 5.74) is 5.54. The lowest BCUT2D eigenvalue weighted by Crippen LogP contribution is -2.47. The quantitative estimate of drug-likeness (QED) is 0.329. The number of hydrazine groups is 2. The highest BCUT2D eigenvalue weighted by molar-refractivity contribution is 5.94. The lowest BCUT2D eigenvalue weighted by atomic mass is 10.1. The van der Waals surface area contributed by atoms with Gasteiger partial charge in [-0.3, -0.25) is 5.43 Å². The van der Waals surface area contributed by atoms with Crippen LogP contribution >= 0.6 is 0 Å². The van der Waals surface area contributed by atoms with Crippen LogP contribution in [-0.2, 0) is 0 Å². The molecule has 0 atom stereocenters. The molecule has 0 bridgehead atoms. The van der Waals surface area contributed by atoms with Gasteiger partial charge in [-0.25, -0.2) is 21.5 Å². The Morgan fingerprint density at radius 1 is 1.10 bits per heavy atom. The van der Waals surface area contributed by atoms with Crippen LogP contribution in [-0.4, -0.2) is 11.0 Å². The van der Waals surface area contributed by atoms with E-state index in [0.29, 0.717) is 5.69 Å². The van der Waals surface area contributed by atoms with E-state index < -0.39 is 6.03 Å². The molecule has 0 unspecified atom stereocenters. The number of fused-ring (bicyclic) bond motifs is 1. The van der Waals surface area contributed by atoms with Crippen LogP contribution < -0.4 is 22.1 Å². The van der Waals surface area contributed by atoms with Crippen LogP contribution in [0, 0.1) is 0 Å². The Hall–Kier alpha value is -2.83. The summed E-state index contributed by atoms with van der Waals surface area (Å²) >= 11 is 0. The van der Waals surface area contributed by atoms with Crippen LogP contribution in [0.3, 0.4) is 0 Å². The van der Waals surface area contributed by atoms with Crippen molar-refractivity contribution in [3.63, 3.8) is 0 Å². The molecule has 0 saturated heterocycles. The molecule has 0 saturated carbocycles. The third-order valence-electron chi connectivity index (χ3n) is 3.31. The Bertz CT molecular complexity index is 781. The van der Waals surface area contributed by atoms with Crippen molar-refractivity contribution in [3.8, 4) is 11.3 Å². The van der Waals surface area contributed by atoms with Gasteiger partial charge in [-0.2, -0.15) is 0 Å². The van der Waals surface area contributed by atoms with Gasteiger partial charge in [0.25, 0.3) is 0 Å². The van der Waals surface area contributed by atoms with E-state index in [2.05, 4.69) is 11.1 Å². The molecule has 1 aromatic heterocycles. The summed E-state index contributed by atoms with van der Waals surface area (Å²) in [5.74, 6) is 10.8. The molecule has 0 radical (unpaired) electrons. The molecule has 1 heterocycles. The van der Waals surface area contributed by atoms with Gasteiger partial charge in [-0.05, 0) is 23.8 Å². The topological polar surface area (TPSA) is 100 Å². The van der Waals surface area contributed by atoms with E-state index in [1.54, 1.807) is 12.1 Å². The van der Waals surface area contributed by atoms with Gasteiger partial charge in [-0.1, -0.05) is 36.4 Å². The van der Waals surface area contributed by atoms with Gasteiger partial charge in [-0.15, -0.1) is 0 Å². The van der Waals surface area contributed by atoms with Crippen molar-refractivity contribution < 1.29 is 4.79 Å². The van der Waals surface area contributed by atoms with Crippen molar-refractivity contribution in [3.05, 3.63) is 54.6 Å². The molecule has 0 fully saturated rings. The normalized spacial score (nSPS) is 10.6. The number of hydrogen-bond donors (Lipinski definition) is 4. The van der Waals surface area contributed by atoms with Gasteiger partial charge in [0.2, 0.25) is 0 Å². The van der Waals surface area contributed by atoms with Crippen molar-refractivity contribution in [2.45, 2.75) is 0 Å². The minimum Gasteiger partial charge on any atom is -0.354 e. The molecule has 0 spiro atoms. The minimum absolute atomic E-state index is 0.548. The molecule has 106 valence electrons. The van der Waals surface area contributed by atoms with E-state index in [9.17, 15) is 4.79 Å². The summed E-state index contributed by atoms with van der Waals surface area (Å²) in [5, 5.41) is 2.00. The highest BCUT2D eigenvalue weighted by Gasteiger charge is 2.11. The lowest BCUT2D eigenvalue weighted by molar-refractivity contribution is 0.246. The number of hydrogen-bond acceptors (Lipinski definition) is 3. The standard InChI is InChI=1S/C15H15N5O/c16-19-15(21)20(17)12-7-6-11-8-13(18-14(11)9-12)10-4-2-1-3-5-10/h1-9,18H,16-17H2,(H,19,21). The SMILES string of the molecule is NNC(=O)N(N)c1ccc2cc(-c3ccccc3)[nH]c2c1. The molecule has 0 aliphatic carbocycles. The number of benzene rings is 2. The van der Waals surface area contributed by atoms with Crippen molar-refractivity contribution in [1.29, 1.82) is 0 Å². The average Bonchev–Trinajstić information content (AvgIpc) is 2.97. The third kappa shape index (κ3) is 2.45. The van der Waals surface area contributed by atoms with Crippen LogP contribution in [0.5, 0.6) is 0 Å². The summed E-state index contributed by atoms with van der Waals surface area (Å²) in [6, 6.07) is 16.9. The summed E-state index contributed by atoms with van der Waals surface area (Å²) < 4.78 is 0. The fourth-order valence-electron chi connectivity index (χ4n) is 2.22. The number of anilines is 1. The molecule has 6 N–H and O–H groups in total. The number of nitrogens with one attached hydrogen (secondary N) is 2. The summed E-state index contributed by atoms with van der Waals surface area (Å²) in [7, 11) is 0. The van der Waals surface area contributed by atoms with Crippen molar-refractivity contribution >= 4 is 22.6 Å². The second-order valence-electron chi connectivity index (χ2n) is 4.64. The van der Waals surface area contributed by atoms with Crippen LogP contribution in [0.2, 0.25) is 0 Å². The van der Waals surface area contributed by atoms with Gasteiger partial charge >= 0.3 is 6.03 Å². The number of amides is 2. The average molecular weight is 281 g/mol. The monoisotopic (exact) mass is 281 g/mol. The predicted molar refractivity (Wildman–Crippen MR) is 83.1 cm³/mol. The summed E-state index contributed by atoms with van der Waals surface area (Å²) in [6.45, 7) is 0. The van der Waals surface area contributed by atoms with E-state index in [1.165, 1.54) is 0 Å². The Kier molecular flexibility index (Phi) is 3.31. The van der Waals surface area contributed by atoms with E-state index >= 15 is 0 Å². The largest absolute Gasteiger partial charge is 0.354 e. The summed E-state index contributed by atoms with van der Waals surface area (Å²) in [4.78, 5) is 14.7. The first-order valence-electron chi connectivity index (χ1n) is 6.42. The summed E-state index contributed by atoms with van der Waals surface area (Å²) in [6.07, 6.45) is 0. The zero-order chi connectivity index (χ0) is 14.8. The van der Waals surface area contributed by atoms with Crippen molar-refractivity contribution in [2.75, 3.05) is 5.01 Å². The van der Waals surface area contributed by atoms with Gasteiger partial charge in [0, 0.05) is 16.6 Å². The Morgan fingerprint density at radius 2 is 1.86 bits per heavy atom. The van der Waals surface area contributed by atoms with Gasteiger partial charge < -0.3 is 4.98 Å². The number of nitrogens with zero attached hydrogens (tertiary/aromatic N) is 1. The first kappa shape index (κ1) is 13.2. The number of carbonyl (C=O) groups excluding carboxylic acids is 1. The van der Waals surface area contributed by atoms with E-state index in [1.807, 2.05) is 41.8 Å². The zero-order valence-electron chi connectivity index (χ0n) is 11.2. The van der Waals surface area contributed by atoms with Crippen LogP contribution in [0.15, 0.2) is 54.6 Å². The second kappa shape index (κ2) is 5.28. The van der Waals surface area contributed by atoms with Crippen molar-refractivity contribution in [1.82, 2.24) is 10.4 Å². The molecular weight excluding hydrogens is 266 g/mol. The smallest absolute Gasteiger partial charge is 0.350 e. The van der Waals surface area contributed by atoms with Crippen LogP contribution in [0.25, 0.3) is 22.2 Å². The Balaban J connectivity index is 2.01. The number of aromatic nitrogens is 1. The van der Waals surface area contributed by atoms with Gasteiger partial charge in [0.15, 0.2) is 0 Å². The van der Waals surface area contributed by atoms with E-state index in [0.717, 1.165) is 27.2 Å². The predicted octanol–water partition coefficient (Wildman–Crippen LogP) is 2.10. The second-order valence-corrected chi connectivity index (χ2v) is 4.64. The Labute approximate surface area is 121 Å². The van der Waals surface area contributed by atoms with Gasteiger partial charge in [0.05, 0.1) is 5.69 Å². The number of urea groups is 1. The molecular formula is C15H15N5O. The molecule has 0 aliphatic heterocycles. The molecule has 3 aromatic rings. The molecule has 6 heteroatoms. The molecule has 6 nitrogen and oxygen atoms in total. The first-order valence-corrected chi connectivity index (χ1v) is 6.42. The molecule has 3 rings (SSSR count). The first-order chi connectivity index (χ1) is 10.2. The van der Waals surface area contributed by atoms with Crippen molar-refractivity contribution in [2.24, 2.45) is 11.7 Å². The highest BCUT2D eigenvalue weighted by Crippen LogP contribution is 2.26. The number of nitrogens with two attached hydrogens (primary N) is 2. The van der Waals surface area contributed by atoms with Crippen LogP contribution in [0.1, 0.15) is 0 Å². The third-order valence-corrected chi connectivity index (χ3v) is 3.31. The molecule has 2 amide bonds. The molecule has 0 aliphatic rings. The van der Waals surface area contributed by atoms with Gasteiger partial charge in [0.1, 0.15) is 0 Å². The minimum atomic E-state index is -0.579. The maximum absolute atomic E-state index is 11.4. The maximum atomic E-state index is 11.4. The number of H-pyrrole nitrogens is 1. The molecule has 2 aromatic carbocycles. The zero-order valence-corrected chi connectivity index (χ0v) is 11.2. The fourth-order valence-corrected chi connectivity index (χ4v) is 2.22. The van der Waals surface area contributed by atoms with E-state index in [-0.39, 0.29) is 0 Å². The fraction of sp³-hybridized carbons (Fsp3) is 0. The number of aromatic amines is 1.